The molecule has 2 nitrogen and oxygen atoms in total. The second-order valence-corrected chi connectivity index (χ2v) is 3.78. The highest BCUT2D eigenvalue weighted by molar-refractivity contribution is 8.24. The summed E-state index contributed by atoms with van der Waals surface area (Å²) in [5.74, 6) is 0.522. The van der Waals surface area contributed by atoms with Crippen LogP contribution in [0.15, 0.2) is 0 Å². The summed E-state index contributed by atoms with van der Waals surface area (Å²) < 4.78 is 0.602. The van der Waals surface area contributed by atoms with Crippen LogP contribution >= 0.6 is 24.0 Å². The van der Waals surface area contributed by atoms with Gasteiger partial charge in [-0.1, -0.05) is 50.7 Å². The molecule has 1 amide bonds. The maximum absolute atomic E-state index is 10.2. The Morgan fingerprint density at radius 3 is 2.18 bits per heavy atom. The molecule has 0 spiro atoms. The van der Waals surface area contributed by atoms with Crippen LogP contribution < -0.4 is 5.32 Å². The fourth-order valence-corrected chi connectivity index (χ4v) is 1.13. The molecule has 64 valence electrons. The van der Waals surface area contributed by atoms with E-state index in [9.17, 15) is 4.79 Å². The van der Waals surface area contributed by atoms with Gasteiger partial charge in [0.05, 0.1) is 5.75 Å². The number of carbonyl (C=O) groups is 1. The molecular weight excluding hydrogens is 178 g/mol. The minimum Gasteiger partial charge on any atom is -0.311 e. The molecule has 0 aromatic rings. The van der Waals surface area contributed by atoms with E-state index in [1.165, 1.54) is 24.6 Å². The first-order chi connectivity index (χ1) is 5.20. The molecule has 0 aromatic carbocycles. The number of carbonyl (C=O) groups excluding carboxylic acids is 1. The van der Waals surface area contributed by atoms with Gasteiger partial charge in [0.2, 0.25) is 5.91 Å². The van der Waals surface area contributed by atoms with Crippen LogP contribution in [0.1, 0.15) is 26.7 Å². The van der Waals surface area contributed by atoms with E-state index in [1.54, 1.807) is 0 Å². The van der Waals surface area contributed by atoms with Crippen molar-refractivity contribution < 1.29 is 4.79 Å². The SMILES string of the molecule is CCCC.O=C1CSC(=S)N1. The van der Waals surface area contributed by atoms with E-state index in [4.69, 9.17) is 0 Å². The van der Waals surface area contributed by atoms with Crippen molar-refractivity contribution in [3.63, 3.8) is 0 Å². The third kappa shape index (κ3) is 6.31. The summed E-state index contributed by atoms with van der Waals surface area (Å²) in [5, 5.41) is 2.47. The van der Waals surface area contributed by atoms with Crippen LogP contribution in [0, 0.1) is 0 Å². The minimum absolute atomic E-state index is 0.0231. The number of thioether (sulfide) groups is 1. The van der Waals surface area contributed by atoms with Gasteiger partial charge < -0.3 is 5.32 Å². The number of thiocarbonyl (C=S) groups is 1. The Bertz CT molecular complexity index is 131. The van der Waals surface area contributed by atoms with Crippen molar-refractivity contribution in [2.45, 2.75) is 26.7 Å². The molecule has 0 aromatic heterocycles. The summed E-state index contributed by atoms with van der Waals surface area (Å²) in [7, 11) is 0. The van der Waals surface area contributed by atoms with E-state index >= 15 is 0 Å². The fraction of sp³-hybridized carbons (Fsp3) is 0.714. The maximum Gasteiger partial charge on any atom is 0.235 e. The van der Waals surface area contributed by atoms with Gasteiger partial charge >= 0.3 is 0 Å². The van der Waals surface area contributed by atoms with E-state index in [1.807, 2.05) is 0 Å². The highest BCUT2D eigenvalue weighted by Gasteiger charge is 2.13. The lowest BCUT2D eigenvalue weighted by Crippen LogP contribution is -2.18. The van der Waals surface area contributed by atoms with Crippen LogP contribution in [0.25, 0.3) is 0 Å². The first-order valence-corrected chi connectivity index (χ1v) is 5.06. The van der Waals surface area contributed by atoms with Crippen LogP contribution in [-0.2, 0) is 4.79 Å². The Labute approximate surface area is 77.1 Å². The van der Waals surface area contributed by atoms with Gasteiger partial charge in [0.15, 0.2) is 0 Å². The van der Waals surface area contributed by atoms with Gasteiger partial charge in [0.1, 0.15) is 4.32 Å². The number of hydrogen-bond donors (Lipinski definition) is 1. The molecule has 0 radical (unpaired) electrons. The molecule has 1 fully saturated rings. The smallest absolute Gasteiger partial charge is 0.235 e. The molecule has 1 N–H and O–H groups in total. The van der Waals surface area contributed by atoms with Gasteiger partial charge in [-0.15, -0.1) is 0 Å². The minimum atomic E-state index is 0.0231. The van der Waals surface area contributed by atoms with Gasteiger partial charge in [-0.05, 0) is 0 Å². The second kappa shape index (κ2) is 6.61. The molecule has 0 bridgehead atoms. The van der Waals surface area contributed by atoms with E-state index in [0.29, 0.717) is 10.1 Å². The van der Waals surface area contributed by atoms with E-state index < -0.39 is 0 Å². The Hall–Kier alpha value is -0.0900. The van der Waals surface area contributed by atoms with Crippen LogP contribution in [-0.4, -0.2) is 16.0 Å². The average molecular weight is 191 g/mol. The lowest BCUT2D eigenvalue weighted by atomic mass is 10.4. The Kier molecular flexibility index (Phi) is 6.56. The summed E-state index contributed by atoms with van der Waals surface area (Å²) >= 11 is 6.00. The largest absolute Gasteiger partial charge is 0.311 e. The lowest BCUT2D eigenvalue weighted by molar-refractivity contribution is -0.116. The Balaban J connectivity index is 0.000000218. The quantitative estimate of drug-likeness (QED) is 0.642. The lowest BCUT2D eigenvalue weighted by Gasteiger charge is -1.81. The third-order valence-electron chi connectivity index (χ3n) is 1.08. The number of unbranched alkanes of at least 4 members (excludes halogenated alkanes) is 1. The van der Waals surface area contributed by atoms with Crippen molar-refractivity contribution in [1.82, 2.24) is 5.32 Å². The predicted octanol–water partition coefficient (Wildman–Crippen LogP) is 1.94. The molecule has 1 aliphatic rings. The molecule has 0 unspecified atom stereocenters. The predicted molar refractivity (Wildman–Crippen MR) is 53.8 cm³/mol. The molecule has 1 rings (SSSR count). The summed E-state index contributed by atoms with van der Waals surface area (Å²) in [5.41, 5.74) is 0. The van der Waals surface area contributed by atoms with Gasteiger partial charge in [0.25, 0.3) is 0 Å². The summed E-state index contributed by atoms with van der Waals surface area (Å²) in [4.78, 5) is 10.2. The van der Waals surface area contributed by atoms with Crippen LogP contribution in [0.4, 0.5) is 0 Å². The van der Waals surface area contributed by atoms with Crippen LogP contribution in [0.5, 0.6) is 0 Å². The topological polar surface area (TPSA) is 29.1 Å². The van der Waals surface area contributed by atoms with Crippen molar-refractivity contribution in [1.29, 1.82) is 0 Å². The molecule has 1 saturated heterocycles. The molecule has 0 atom stereocenters. The fourth-order valence-electron chi connectivity index (χ4n) is 0.317. The summed E-state index contributed by atoms with van der Waals surface area (Å²) in [6.07, 6.45) is 2.64. The van der Waals surface area contributed by atoms with Gasteiger partial charge in [0, 0.05) is 0 Å². The van der Waals surface area contributed by atoms with Crippen LogP contribution in [0.3, 0.4) is 0 Å². The monoisotopic (exact) mass is 191 g/mol. The van der Waals surface area contributed by atoms with Gasteiger partial charge in [-0.2, -0.15) is 0 Å². The Morgan fingerprint density at radius 1 is 1.55 bits per heavy atom. The maximum atomic E-state index is 10.2. The first-order valence-electron chi connectivity index (χ1n) is 3.67. The number of rotatable bonds is 1. The molecule has 1 heterocycles. The van der Waals surface area contributed by atoms with Gasteiger partial charge in [-0.3, -0.25) is 4.79 Å². The van der Waals surface area contributed by atoms with Crippen molar-refractivity contribution in [3.05, 3.63) is 0 Å². The van der Waals surface area contributed by atoms with Crippen LogP contribution in [0.2, 0.25) is 0 Å². The number of nitrogens with one attached hydrogen (secondary N) is 1. The van der Waals surface area contributed by atoms with Gasteiger partial charge in [-0.25, -0.2) is 0 Å². The molecule has 0 aliphatic carbocycles. The van der Waals surface area contributed by atoms with E-state index in [0.717, 1.165) is 0 Å². The zero-order valence-electron chi connectivity index (χ0n) is 6.85. The number of hydrogen-bond acceptors (Lipinski definition) is 3. The van der Waals surface area contributed by atoms with E-state index in [2.05, 4.69) is 31.4 Å². The highest BCUT2D eigenvalue weighted by Crippen LogP contribution is 2.06. The van der Waals surface area contributed by atoms with Crippen molar-refractivity contribution >= 4 is 34.2 Å². The third-order valence-corrected chi connectivity index (χ3v) is 2.30. The van der Waals surface area contributed by atoms with E-state index in [-0.39, 0.29) is 5.91 Å². The molecule has 1 aliphatic heterocycles. The molecule has 0 saturated carbocycles. The van der Waals surface area contributed by atoms with Crippen molar-refractivity contribution in [2.75, 3.05) is 5.75 Å². The summed E-state index contributed by atoms with van der Waals surface area (Å²) in [6, 6.07) is 0. The first kappa shape index (κ1) is 10.9. The number of amides is 1. The van der Waals surface area contributed by atoms with Crippen molar-refractivity contribution in [3.8, 4) is 0 Å². The summed E-state index contributed by atoms with van der Waals surface area (Å²) in [6.45, 7) is 4.36. The zero-order valence-corrected chi connectivity index (χ0v) is 8.48. The zero-order chi connectivity index (χ0) is 8.69. The second-order valence-electron chi connectivity index (χ2n) is 2.12. The highest BCUT2D eigenvalue weighted by atomic mass is 32.2. The van der Waals surface area contributed by atoms with Crippen molar-refractivity contribution in [2.24, 2.45) is 0 Å². The Morgan fingerprint density at radius 2 is 2.09 bits per heavy atom. The normalized spacial score (nSPS) is 15.5. The average Bonchev–Trinajstić information content (AvgIpc) is 2.35. The standard InChI is InChI=1S/C4H10.C3H3NOS2/c1-3-4-2;5-2-1-7-3(6)4-2/h3-4H2,1-2H3;1H2,(H,4,5,6). The molecular formula is C7H13NOS2. The molecule has 11 heavy (non-hydrogen) atoms. The molecule has 4 heteroatoms.